The molecule has 1 amide bonds. The van der Waals surface area contributed by atoms with Crippen molar-refractivity contribution < 1.29 is 9.21 Å². The second-order valence-electron chi connectivity index (χ2n) is 7.01. The average molecular weight is 376 g/mol. The SMILES string of the molecule is CCN(C(=O)Cc1coc2cc3c(cc12)CCC3)c1nc2ccccc2s1. The Balaban J connectivity index is 1.45. The zero-order valence-electron chi connectivity index (χ0n) is 15.2. The lowest BCUT2D eigenvalue weighted by molar-refractivity contribution is -0.117. The summed E-state index contributed by atoms with van der Waals surface area (Å²) in [7, 11) is 0. The predicted octanol–water partition coefficient (Wildman–Crippen LogP) is 5.13. The number of hydrogen-bond donors (Lipinski definition) is 0. The van der Waals surface area contributed by atoms with Crippen molar-refractivity contribution in [3.63, 3.8) is 0 Å². The Morgan fingerprint density at radius 2 is 2.04 bits per heavy atom. The fraction of sp³-hybridized carbons (Fsp3) is 0.273. The van der Waals surface area contributed by atoms with E-state index < -0.39 is 0 Å². The molecule has 27 heavy (non-hydrogen) atoms. The minimum absolute atomic E-state index is 0.0553. The smallest absolute Gasteiger partial charge is 0.233 e. The summed E-state index contributed by atoms with van der Waals surface area (Å²) in [5, 5.41) is 1.83. The molecular weight excluding hydrogens is 356 g/mol. The third kappa shape index (κ3) is 2.82. The van der Waals surface area contributed by atoms with E-state index in [0.717, 1.165) is 44.7 Å². The van der Waals surface area contributed by atoms with Gasteiger partial charge in [0.15, 0.2) is 5.13 Å². The van der Waals surface area contributed by atoms with Crippen LogP contribution in [0.2, 0.25) is 0 Å². The van der Waals surface area contributed by atoms with Gasteiger partial charge in [0, 0.05) is 17.5 Å². The molecular formula is C22H20N2O2S. The highest BCUT2D eigenvalue weighted by molar-refractivity contribution is 7.22. The van der Waals surface area contributed by atoms with Crippen molar-refractivity contribution in [2.75, 3.05) is 11.4 Å². The molecule has 0 N–H and O–H groups in total. The van der Waals surface area contributed by atoms with Crippen LogP contribution in [0.5, 0.6) is 0 Å². The third-order valence-corrected chi connectivity index (χ3v) is 6.40. The summed E-state index contributed by atoms with van der Waals surface area (Å²) in [5.74, 6) is 0.0553. The molecule has 2 heterocycles. The fourth-order valence-corrected chi connectivity index (χ4v) is 4.98. The van der Waals surface area contributed by atoms with Crippen molar-refractivity contribution in [3.8, 4) is 0 Å². The molecule has 0 unspecified atom stereocenters. The van der Waals surface area contributed by atoms with Gasteiger partial charge in [-0.25, -0.2) is 4.98 Å². The van der Waals surface area contributed by atoms with Crippen LogP contribution in [0.15, 0.2) is 47.1 Å². The van der Waals surface area contributed by atoms with Gasteiger partial charge in [0.05, 0.1) is 22.9 Å². The van der Waals surface area contributed by atoms with Gasteiger partial charge in [-0.15, -0.1) is 0 Å². The maximum atomic E-state index is 13.0. The highest BCUT2D eigenvalue weighted by atomic mass is 32.1. The van der Waals surface area contributed by atoms with E-state index in [1.807, 2.05) is 31.2 Å². The number of fused-ring (bicyclic) bond motifs is 3. The van der Waals surface area contributed by atoms with Crippen molar-refractivity contribution in [3.05, 3.63) is 59.4 Å². The van der Waals surface area contributed by atoms with Crippen LogP contribution in [0.4, 0.5) is 5.13 Å². The molecule has 0 aliphatic heterocycles. The lowest BCUT2D eigenvalue weighted by Gasteiger charge is -2.17. The van der Waals surface area contributed by atoms with Gasteiger partial charge in [0.25, 0.3) is 0 Å². The number of para-hydroxylation sites is 1. The summed E-state index contributed by atoms with van der Waals surface area (Å²) in [5.41, 5.74) is 5.58. The van der Waals surface area contributed by atoms with Crippen molar-refractivity contribution in [1.29, 1.82) is 0 Å². The van der Waals surface area contributed by atoms with Crippen LogP contribution in [-0.2, 0) is 24.1 Å². The number of amides is 1. The van der Waals surface area contributed by atoms with Crippen LogP contribution in [0.3, 0.4) is 0 Å². The van der Waals surface area contributed by atoms with Gasteiger partial charge in [0.2, 0.25) is 5.91 Å². The van der Waals surface area contributed by atoms with Gasteiger partial charge in [-0.3, -0.25) is 9.69 Å². The Labute approximate surface area is 161 Å². The molecule has 0 atom stereocenters. The minimum Gasteiger partial charge on any atom is -0.464 e. The first kappa shape index (κ1) is 16.5. The number of rotatable bonds is 4. The number of anilines is 1. The molecule has 1 aliphatic rings. The molecule has 4 nitrogen and oxygen atoms in total. The van der Waals surface area contributed by atoms with Gasteiger partial charge < -0.3 is 4.42 Å². The monoisotopic (exact) mass is 376 g/mol. The van der Waals surface area contributed by atoms with Crippen LogP contribution in [0.1, 0.15) is 30.0 Å². The molecule has 0 radical (unpaired) electrons. The second kappa shape index (κ2) is 6.50. The Kier molecular flexibility index (Phi) is 3.97. The highest BCUT2D eigenvalue weighted by Gasteiger charge is 2.21. The number of aryl methyl sites for hydroxylation is 2. The Morgan fingerprint density at radius 3 is 2.85 bits per heavy atom. The zero-order chi connectivity index (χ0) is 18.4. The number of nitrogens with zero attached hydrogens (tertiary/aromatic N) is 2. The van der Waals surface area contributed by atoms with Crippen LogP contribution >= 0.6 is 11.3 Å². The van der Waals surface area contributed by atoms with E-state index in [9.17, 15) is 4.79 Å². The molecule has 0 saturated heterocycles. The van der Waals surface area contributed by atoms with Crippen molar-refractivity contribution >= 4 is 43.6 Å². The standard InChI is InChI=1S/C22H20N2O2S/c1-2-24(22-23-18-8-3-4-9-20(18)27-22)21(25)12-16-13-26-19-11-15-7-5-6-14(15)10-17(16)19/h3-4,8-11,13H,2,5-7,12H2,1H3. The van der Waals surface area contributed by atoms with Crippen LogP contribution in [0, 0.1) is 0 Å². The van der Waals surface area contributed by atoms with Gasteiger partial charge in [-0.05, 0) is 61.6 Å². The van der Waals surface area contributed by atoms with E-state index >= 15 is 0 Å². The topological polar surface area (TPSA) is 46.3 Å². The Hall–Kier alpha value is -2.66. The highest BCUT2D eigenvalue weighted by Crippen LogP contribution is 2.32. The molecule has 4 aromatic rings. The van der Waals surface area contributed by atoms with Crippen LogP contribution < -0.4 is 4.90 Å². The Morgan fingerprint density at radius 1 is 1.22 bits per heavy atom. The first-order valence-corrected chi connectivity index (χ1v) is 10.2. The molecule has 1 aliphatic carbocycles. The number of aromatic nitrogens is 1. The summed E-state index contributed by atoms with van der Waals surface area (Å²) in [6.07, 6.45) is 5.52. The first-order chi connectivity index (χ1) is 13.2. The molecule has 2 aromatic carbocycles. The predicted molar refractivity (Wildman–Crippen MR) is 110 cm³/mol. The van der Waals surface area contributed by atoms with Gasteiger partial charge in [-0.2, -0.15) is 0 Å². The molecule has 2 aromatic heterocycles. The first-order valence-electron chi connectivity index (χ1n) is 9.40. The summed E-state index contributed by atoms with van der Waals surface area (Å²) in [4.78, 5) is 19.5. The van der Waals surface area contributed by atoms with E-state index in [0.29, 0.717) is 13.0 Å². The molecule has 0 fully saturated rings. The van der Waals surface area contributed by atoms with Crippen LogP contribution in [0.25, 0.3) is 21.2 Å². The van der Waals surface area contributed by atoms with Gasteiger partial charge in [-0.1, -0.05) is 23.5 Å². The molecule has 0 bridgehead atoms. The number of furan rings is 1. The molecule has 136 valence electrons. The lowest BCUT2D eigenvalue weighted by atomic mass is 10.0. The van der Waals surface area contributed by atoms with Crippen LogP contribution in [-0.4, -0.2) is 17.4 Å². The lowest BCUT2D eigenvalue weighted by Crippen LogP contribution is -2.31. The van der Waals surface area contributed by atoms with Crippen molar-refractivity contribution in [1.82, 2.24) is 4.98 Å². The second-order valence-corrected chi connectivity index (χ2v) is 8.02. The summed E-state index contributed by atoms with van der Waals surface area (Å²) in [6.45, 7) is 2.59. The number of hydrogen-bond acceptors (Lipinski definition) is 4. The normalized spacial score (nSPS) is 13.4. The quantitative estimate of drug-likeness (QED) is 0.496. The third-order valence-electron chi connectivity index (χ3n) is 5.34. The number of carbonyl (C=O) groups is 1. The van der Waals surface area contributed by atoms with E-state index in [1.54, 1.807) is 22.5 Å². The van der Waals surface area contributed by atoms with Crippen molar-refractivity contribution in [2.45, 2.75) is 32.6 Å². The number of likely N-dealkylation sites (N-methyl/N-ethyl adjacent to an activating group) is 1. The van der Waals surface area contributed by atoms with Crippen molar-refractivity contribution in [2.24, 2.45) is 0 Å². The molecule has 5 rings (SSSR count). The summed E-state index contributed by atoms with van der Waals surface area (Å²) >= 11 is 1.56. The Bertz CT molecular complexity index is 1120. The maximum absolute atomic E-state index is 13.0. The fourth-order valence-electron chi connectivity index (χ4n) is 3.94. The van der Waals surface area contributed by atoms with E-state index in [2.05, 4.69) is 17.1 Å². The average Bonchev–Trinajstić information content (AvgIpc) is 3.38. The number of carbonyl (C=O) groups excluding carboxylic acids is 1. The largest absolute Gasteiger partial charge is 0.464 e. The summed E-state index contributed by atoms with van der Waals surface area (Å²) in [6, 6.07) is 12.4. The summed E-state index contributed by atoms with van der Waals surface area (Å²) < 4.78 is 6.86. The maximum Gasteiger partial charge on any atom is 0.233 e. The van der Waals surface area contributed by atoms with Gasteiger partial charge in [0.1, 0.15) is 5.58 Å². The van der Waals surface area contributed by atoms with E-state index in [4.69, 9.17) is 4.42 Å². The number of benzene rings is 2. The molecule has 5 heteroatoms. The molecule has 0 saturated carbocycles. The molecule has 0 spiro atoms. The number of thiazole rings is 1. The zero-order valence-corrected chi connectivity index (χ0v) is 16.0. The minimum atomic E-state index is 0.0553. The van der Waals surface area contributed by atoms with E-state index in [1.165, 1.54) is 17.5 Å². The van der Waals surface area contributed by atoms with E-state index in [-0.39, 0.29) is 5.91 Å². The van der Waals surface area contributed by atoms with Gasteiger partial charge >= 0.3 is 0 Å².